The van der Waals surface area contributed by atoms with Crippen molar-refractivity contribution in [3.63, 3.8) is 0 Å². The van der Waals surface area contributed by atoms with E-state index in [4.69, 9.17) is 0 Å². The van der Waals surface area contributed by atoms with Gasteiger partial charge in [-0.05, 0) is 19.1 Å². The standard InChI is InChI=1S/C5H10OS/c1-5(6)2-3-7-4-5/h6H,2-4H2,1H3/t5-/m0/s1. The SMILES string of the molecule is C[C@]1(O)CCSC1. The summed E-state index contributed by atoms with van der Waals surface area (Å²) in [7, 11) is 0. The van der Waals surface area contributed by atoms with Crippen LogP contribution in [-0.4, -0.2) is 22.2 Å². The maximum Gasteiger partial charge on any atom is 0.0717 e. The van der Waals surface area contributed by atoms with E-state index in [1.807, 2.05) is 18.7 Å². The van der Waals surface area contributed by atoms with Gasteiger partial charge in [-0.1, -0.05) is 0 Å². The molecule has 0 amide bonds. The lowest BCUT2D eigenvalue weighted by molar-refractivity contribution is 0.0889. The molecule has 1 nitrogen and oxygen atoms in total. The van der Waals surface area contributed by atoms with Crippen molar-refractivity contribution < 1.29 is 5.11 Å². The molecule has 0 aliphatic carbocycles. The number of aliphatic hydroxyl groups is 1. The highest BCUT2D eigenvalue weighted by molar-refractivity contribution is 7.99. The van der Waals surface area contributed by atoms with Gasteiger partial charge in [0.15, 0.2) is 0 Å². The number of rotatable bonds is 0. The topological polar surface area (TPSA) is 20.2 Å². The van der Waals surface area contributed by atoms with Crippen molar-refractivity contribution in [1.82, 2.24) is 0 Å². The molecule has 1 saturated heterocycles. The molecule has 1 aliphatic heterocycles. The Bertz CT molecular complexity index is 62.5. The predicted octanol–water partition coefficient (Wildman–Crippen LogP) is 0.874. The molecule has 7 heavy (non-hydrogen) atoms. The lowest BCUT2D eigenvalue weighted by Gasteiger charge is -2.11. The summed E-state index contributed by atoms with van der Waals surface area (Å²) in [6.45, 7) is 1.90. The molecule has 0 saturated carbocycles. The van der Waals surface area contributed by atoms with Gasteiger partial charge in [0.2, 0.25) is 0 Å². The van der Waals surface area contributed by atoms with Gasteiger partial charge in [-0.15, -0.1) is 0 Å². The van der Waals surface area contributed by atoms with Crippen molar-refractivity contribution in [1.29, 1.82) is 0 Å². The molecule has 0 aromatic rings. The zero-order valence-corrected chi connectivity index (χ0v) is 5.29. The average molecular weight is 118 g/mol. The van der Waals surface area contributed by atoms with Crippen molar-refractivity contribution in [2.45, 2.75) is 18.9 Å². The quantitative estimate of drug-likeness (QED) is 0.509. The fourth-order valence-electron chi connectivity index (χ4n) is 0.656. The number of hydrogen-bond donors (Lipinski definition) is 1. The van der Waals surface area contributed by atoms with E-state index in [0.29, 0.717) is 0 Å². The summed E-state index contributed by atoms with van der Waals surface area (Å²) in [4.78, 5) is 0. The molecule has 1 atom stereocenters. The summed E-state index contributed by atoms with van der Waals surface area (Å²) in [5, 5.41) is 9.17. The Labute approximate surface area is 48.1 Å². The van der Waals surface area contributed by atoms with Gasteiger partial charge in [0.25, 0.3) is 0 Å². The zero-order valence-electron chi connectivity index (χ0n) is 4.48. The monoisotopic (exact) mass is 118 g/mol. The van der Waals surface area contributed by atoms with Crippen LogP contribution < -0.4 is 0 Å². The molecule has 0 aromatic carbocycles. The highest BCUT2D eigenvalue weighted by atomic mass is 32.2. The summed E-state index contributed by atoms with van der Waals surface area (Å²) >= 11 is 1.83. The summed E-state index contributed by atoms with van der Waals surface area (Å²) in [6, 6.07) is 0. The third kappa shape index (κ3) is 1.35. The van der Waals surface area contributed by atoms with Gasteiger partial charge < -0.3 is 5.11 Å². The fourth-order valence-corrected chi connectivity index (χ4v) is 1.97. The summed E-state index contributed by atoms with van der Waals surface area (Å²) < 4.78 is 0. The van der Waals surface area contributed by atoms with Gasteiger partial charge in [-0.3, -0.25) is 0 Å². The van der Waals surface area contributed by atoms with E-state index in [2.05, 4.69) is 0 Å². The van der Waals surface area contributed by atoms with E-state index in [9.17, 15) is 5.11 Å². The van der Waals surface area contributed by atoms with Crippen molar-refractivity contribution in [3.05, 3.63) is 0 Å². The first-order valence-electron chi connectivity index (χ1n) is 2.51. The Kier molecular flexibility index (Phi) is 1.30. The van der Waals surface area contributed by atoms with Gasteiger partial charge in [-0.2, -0.15) is 11.8 Å². The second-order valence-corrected chi connectivity index (χ2v) is 3.40. The van der Waals surface area contributed by atoms with Crippen LogP contribution in [0.1, 0.15) is 13.3 Å². The highest BCUT2D eigenvalue weighted by Crippen LogP contribution is 2.26. The first-order valence-corrected chi connectivity index (χ1v) is 3.66. The minimum absolute atomic E-state index is 0.343. The van der Waals surface area contributed by atoms with E-state index in [0.717, 1.165) is 17.9 Å². The third-order valence-corrected chi connectivity index (χ3v) is 2.52. The summed E-state index contributed by atoms with van der Waals surface area (Å²) in [6.07, 6.45) is 0.970. The van der Waals surface area contributed by atoms with Gasteiger partial charge >= 0.3 is 0 Å². The molecule has 42 valence electrons. The lowest BCUT2D eigenvalue weighted by atomic mass is 10.1. The first-order chi connectivity index (χ1) is 3.21. The van der Waals surface area contributed by atoms with Crippen LogP contribution in [0.25, 0.3) is 0 Å². The largest absolute Gasteiger partial charge is 0.389 e. The van der Waals surface area contributed by atoms with Crippen LogP contribution in [-0.2, 0) is 0 Å². The van der Waals surface area contributed by atoms with Crippen LogP contribution in [0, 0.1) is 0 Å². The van der Waals surface area contributed by atoms with Gasteiger partial charge in [0.05, 0.1) is 5.60 Å². The Morgan fingerprint density at radius 3 is 2.57 bits per heavy atom. The highest BCUT2D eigenvalue weighted by Gasteiger charge is 2.24. The predicted molar refractivity (Wildman–Crippen MR) is 32.6 cm³/mol. The second-order valence-electron chi connectivity index (χ2n) is 2.30. The summed E-state index contributed by atoms with van der Waals surface area (Å²) in [5.74, 6) is 2.06. The molecule has 1 N–H and O–H groups in total. The van der Waals surface area contributed by atoms with Crippen molar-refractivity contribution in [2.75, 3.05) is 11.5 Å². The normalized spacial score (nSPS) is 42.0. The molecular weight excluding hydrogens is 108 g/mol. The Morgan fingerprint density at radius 2 is 2.43 bits per heavy atom. The maximum atomic E-state index is 9.17. The lowest BCUT2D eigenvalue weighted by Crippen LogP contribution is -2.21. The van der Waals surface area contributed by atoms with Crippen LogP contribution in [0.3, 0.4) is 0 Å². The summed E-state index contributed by atoms with van der Waals surface area (Å²) in [5.41, 5.74) is -0.343. The van der Waals surface area contributed by atoms with Crippen molar-refractivity contribution in [2.24, 2.45) is 0 Å². The van der Waals surface area contributed by atoms with E-state index in [-0.39, 0.29) is 5.60 Å². The van der Waals surface area contributed by atoms with E-state index < -0.39 is 0 Å². The zero-order chi connectivity index (χ0) is 5.33. The van der Waals surface area contributed by atoms with Crippen LogP contribution in [0.4, 0.5) is 0 Å². The molecule has 0 unspecified atom stereocenters. The van der Waals surface area contributed by atoms with E-state index >= 15 is 0 Å². The fraction of sp³-hybridized carbons (Fsp3) is 1.00. The minimum Gasteiger partial charge on any atom is -0.389 e. The molecule has 2 heteroatoms. The van der Waals surface area contributed by atoms with Crippen LogP contribution in [0.2, 0.25) is 0 Å². The molecule has 0 aromatic heterocycles. The average Bonchev–Trinajstić information content (AvgIpc) is 1.84. The van der Waals surface area contributed by atoms with Crippen molar-refractivity contribution in [3.8, 4) is 0 Å². The molecule has 1 fully saturated rings. The molecular formula is C5H10OS. The molecule has 0 radical (unpaired) electrons. The molecule has 0 spiro atoms. The molecule has 1 rings (SSSR count). The van der Waals surface area contributed by atoms with E-state index in [1.165, 1.54) is 0 Å². The van der Waals surface area contributed by atoms with Gasteiger partial charge in [-0.25, -0.2) is 0 Å². The number of thioether (sulfide) groups is 1. The maximum absolute atomic E-state index is 9.17. The van der Waals surface area contributed by atoms with Crippen LogP contribution in [0.15, 0.2) is 0 Å². The van der Waals surface area contributed by atoms with Gasteiger partial charge in [0, 0.05) is 5.75 Å². The minimum atomic E-state index is -0.343. The Balaban J connectivity index is 2.40. The Morgan fingerprint density at radius 1 is 1.71 bits per heavy atom. The smallest absolute Gasteiger partial charge is 0.0717 e. The molecule has 1 heterocycles. The van der Waals surface area contributed by atoms with Gasteiger partial charge in [0.1, 0.15) is 0 Å². The Hall–Kier alpha value is 0.310. The third-order valence-electron chi connectivity index (χ3n) is 1.20. The first kappa shape index (κ1) is 5.45. The van der Waals surface area contributed by atoms with E-state index in [1.54, 1.807) is 0 Å². The van der Waals surface area contributed by atoms with Crippen LogP contribution in [0.5, 0.6) is 0 Å². The second kappa shape index (κ2) is 1.67. The van der Waals surface area contributed by atoms with Crippen molar-refractivity contribution >= 4 is 11.8 Å². The molecule has 1 aliphatic rings. The van der Waals surface area contributed by atoms with Crippen LogP contribution >= 0.6 is 11.8 Å². The number of hydrogen-bond acceptors (Lipinski definition) is 2. The molecule has 0 bridgehead atoms.